The Labute approximate surface area is 212 Å². The molecule has 7 nitrogen and oxygen atoms in total. The molecule has 2 atom stereocenters. The second-order valence-electron chi connectivity index (χ2n) is 10.0. The van der Waals surface area contributed by atoms with Gasteiger partial charge in [0.2, 0.25) is 5.89 Å². The third kappa shape index (κ3) is 6.95. The lowest BCUT2D eigenvalue weighted by Crippen LogP contribution is -2.37. The predicted molar refractivity (Wildman–Crippen MR) is 136 cm³/mol. The third-order valence-electron chi connectivity index (χ3n) is 6.65. The third-order valence-corrected chi connectivity index (χ3v) is 6.65. The van der Waals surface area contributed by atoms with Crippen LogP contribution in [0.5, 0.6) is 11.5 Å². The normalized spacial score (nSPS) is 18.2. The first-order chi connectivity index (χ1) is 17.3. The van der Waals surface area contributed by atoms with Crippen molar-refractivity contribution < 1.29 is 28.5 Å². The molecule has 36 heavy (non-hydrogen) atoms. The van der Waals surface area contributed by atoms with Gasteiger partial charge in [-0.2, -0.15) is 0 Å². The molecule has 1 aliphatic carbocycles. The molecule has 2 aromatic carbocycles. The molecule has 0 bridgehead atoms. The van der Waals surface area contributed by atoms with Crippen molar-refractivity contribution in [2.45, 2.75) is 58.7 Å². The topological polar surface area (TPSA) is 91.0 Å². The molecule has 4 rings (SSSR count). The second-order valence-corrected chi connectivity index (χ2v) is 10.0. The quantitative estimate of drug-likeness (QED) is 0.320. The summed E-state index contributed by atoms with van der Waals surface area (Å²) < 4.78 is 23.5. The minimum absolute atomic E-state index is 0.361. The van der Waals surface area contributed by atoms with Crippen LogP contribution in [0.2, 0.25) is 0 Å². The average Bonchev–Trinajstić information content (AvgIpc) is 3.24. The number of aryl methyl sites for hydroxylation is 1. The molecule has 1 heterocycles. The van der Waals surface area contributed by atoms with Gasteiger partial charge in [-0.15, -0.1) is 0 Å². The van der Waals surface area contributed by atoms with Crippen molar-refractivity contribution in [3.05, 3.63) is 66.1 Å². The summed E-state index contributed by atoms with van der Waals surface area (Å²) in [6.45, 7) is 6.61. The molecular weight excluding hydrogens is 458 g/mol. The number of carbonyl (C=O) groups is 1. The highest BCUT2D eigenvalue weighted by Gasteiger charge is 2.30. The first-order valence-electron chi connectivity index (χ1n) is 12.5. The number of ether oxygens (including phenoxy) is 3. The Balaban J connectivity index is 1.26. The van der Waals surface area contributed by atoms with Gasteiger partial charge in [0.1, 0.15) is 23.0 Å². The van der Waals surface area contributed by atoms with Crippen LogP contribution in [-0.4, -0.2) is 34.9 Å². The number of hydrogen-bond donors (Lipinski definition) is 1. The molecule has 1 aromatic heterocycles. The Hall–Kier alpha value is -3.16. The van der Waals surface area contributed by atoms with E-state index in [4.69, 9.17) is 18.6 Å². The number of carboxylic acids is 1. The van der Waals surface area contributed by atoms with E-state index in [2.05, 4.69) is 4.98 Å². The molecule has 0 amide bonds. The van der Waals surface area contributed by atoms with Gasteiger partial charge in [0, 0.05) is 12.2 Å². The smallest absolute Gasteiger partial charge is 0.335 e. The minimum Gasteiger partial charge on any atom is -0.479 e. The number of aromatic nitrogens is 1. The van der Waals surface area contributed by atoms with Crippen LogP contribution < -0.4 is 4.74 Å². The van der Waals surface area contributed by atoms with Crippen molar-refractivity contribution in [1.29, 1.82) is 0 Å². The van der Waals surface area contributed by atoms with Gasteiger partial charge in [-0.05, 0) is 88.3 Å². The monoisotopic (exact) mass is 493 g/mol. The lowest BCUT2D eigenvalue weighted by Gasteiger charge is -2.31. The van der Waals surface area contributed by atoms with Crippen molar-refractivity contribution >= 4 is 5.97 Å². The molecule has 0 spiro atoms. The first kappa shape index (κ1) is 25.9. The molecule has 3 aromatic rings. The summed E-state index contributed by atoms with van der Waals surface area (Å²) in [7, 11) is 0. The molecule has 1 saturated carbocycles. The van der Waals surface area contributed by atoms with Gasteiger partial charge in [0.15, 0.2) is 5.60 Å². The number of para-hydroxylation sites is 1. The zero-order valence-electron chi connectivity index (χ0n) is 21.2. The summed E-state index contributed by atoms with van der Waals surface area (Å²) in [4.78, 5) is 15.9. The maximum Gasteiger partial charge on any atom is 0.335 e. The van der Waals surface area contributed by atoms with Gasteiger partial charge in [-0.3, -0.25) is 0 Å². The molecule has 1 N–H and O–H groups in total. The summed E-state index contributed by atoms with van der Waals surface area (Å²) in [5, 5.41) is 9.25. The SMILES string of the molecule is Cc1oc(-c2ccc(Oc3ccccc3)cc2)nc1COC[C@H]1CCC[C@@H](COC(C)(C)C(=O)O)C1. The number of benzene rings is 2. The Bertz CT molecular complexity index is 1120. The van der Waals surface area contributed by atoms with Gasteiger partial charge in [0.25, 0.3) is 0 Å². The minimum atomic E-state index is -1.15. The second kappa shape index (κ2) is 11.7. The van der Waals surface area contributed by atoms with Gasteiger partial charge in [-0.1, -0.05) is 24.6 Å². The molecule has 0 radical (unpaired) electrons. The zero-order valence-corrected chi connectivity index (χ0v) is 21.2. The van der Waals surface area contributed by atoms with Crippen molar-refractivity contribution in [2.24, 2.45) is 11.8 Å². The van der Waals surface area contributed by atoms with Crippen LogP contribution in [0.3, 0.4) is 0 Å². The van der Waals surface area contributed by atoms with Crippen molar-refractivity contribution in [3.63, 3.8) is 0 Å². The van der Waals surface area contributed by atoms with Gasteiger partial charge < -0.3 is 23.7 Å². The van der Waals surface area contributed by atoms with Crippen LogP contribution in [0.25, 0.3) is 11.5 Å². The van der Waals surface area contributed by atoms with Crippen molar-refractivity contribution in [1.82, 2.24) is 4.98 Å². The predicted octanol–water partition coefficient (Wildman–Crippen LogP) is 6.65. The summed E-state index contributed by atoms with van der Waals surface area (Å²) >= 11 is 0. The Kier molecular flexibility index (Phi) is 8.44. The standard InChI is InChI=1S/C29H35NO6/c1-20-26(19-33-17-21-8-7-9-22(16-21)18-34-29(2,3)28(31)32)30-27(35-20)23-12-14-25(15-13-23)36-24-10-5-4-6-11-24/h4-6,10-15,21-22H,7-9,16-19H2,1-3H3,(H,31,32)/t21-,22+/m0/s1. The van der Waals surface area contributed by atoms with Crippen LogP contribution in [0.15, 0.2) is 59.0 Å². The van der Waals surface area contributed by atoms with E-state index in [0.717, 1.165) is 54.2 Å². The van der Waals surface area contributed by atoms with E-state index in [0.29, 0.717) is 37.5 Å². The van der Waals surface area contributed by atoms with Gasteiger partial charge in [-0.25, -0.2) is 9.78 Å². The first-order valence-corrected chi connectivity index (χ1v) is 12.5. The number of aliphatic carboxylic acids is 1. The number of oxazole rings is 1. The van der Waals surface area contributed by atoms with Gasteiger partial charge in [0.05, 0.1) is 13.2 Å². The number of hydrogen-bond acceptors (Lipinski definition) is 6. The molecule has 0 unspecified atom stereocenters. The van der Waals surface area contributed by atoms with Crippen LogP contribution in [0.4, 0.5) is 0 Å². The highest BCUT2D eigenvalue weighted by Crippen LogP contribution is 2.31. The Morgan fingerprint density at radius 2 is 1.69 bits per heavy atom. The highest BCUT2D eigenvalue weighted by molar-refractivity contribution is 5.76. The van der Waals surface area contributed by atoms with E-state index in [1.165, 1.54) is 0 Å². The van der Waals surface area contributed by atoms with E-state index in [-0.39, 0.29) is 0 Å². The zero-order chi connectivity index (χ0) is 25.5. The van der Waals surface area contributed by atoms with Gasteiger partial charge >= 0.3 is 5.97 Å². The summed E-state index contributed by atoms with van der Waals surface area (Å²) in [6.07, 6.45) is 4.26. The van der Waals surface area contributed by atoms with E-state index in [1.807, 2.05) is 61.5 Å². The number of nitrogens with zero attached hydrogens (tertiary/aromatic N) is 1. The van der Waals surface area contributed by atoms with E-state index < -0.39 is 11.6 Å². The molecule has 7 heteroatoms. The largest absolute Gasteiger partial charge is 0.479 e. The molecular formula is C29H35NO6. The van der Waals surface area contributed by atoms with Crippen LogP contribution in [0, 0.1) is 18.8 Å². The fraction of sp³-hybridized carbons (Fsp3) is 0.448. The lowest BCUT2D eigenvalue weighted by molar-refractivity contribution is -0.163. The fourth-order valence-corrected chi connectivity index (χ4v) is 4.39. The van der Waals surface area contributed by atoms with Crippen LogP contribution in [-0.2, 0) is 20.9 Å². The number of rotatable bonds is 11. The summed E-state index contributed by atoms with van der Waals surface area (Å²) in [5.41, 5.74) is 0.526. The summed E-state index contributed by atoms with van der Waals surface area (Å²) in [6, 6.07) is 17.3. The number of carboxylic acid groups (broad SMARTS) is 1. The van der Waals surface area contributed by atoms with Crippen molar-refractivity contribution in [2.75, 3.05) is 13.2 Å². The lowest BCUT2D eigenvalue weighted by atomic mass is 9.82. The van der Waals surface area contributed by atoms with E-state index >= 15 is 0 Å². The molecule has 0 aliphatic heterocycles. The summed E-state index contributed by atoms with van der Waals surface area (Å²) in [5.74, 6) is 2.71. The van der Waals surface area contributed by atoms with E-state index in [1.54, 1.807) is 13.8 Å². The maximum atomic E-state index is 11.3. The van der Waals surface area contributed by atoms with Crippen LogP contribution in [0.1, 0.15) is 51.0 Å². The maximum absolute atomic E-state index is 11.3. The van der Waals surface area contributed by atoms with Crippen molar-refractivity contribution in [3.8, 4) is 23.0 Å². The average molecular weight is 494 g/mol. The molecule has 192 valence electrons. The van der Waals surface area contributed by atoms with E-state index in [9.17, 15) is 9.90 Å². The molecule has 1 aliphatic rings. The molecule has 0 saturated heterocycles. The fourth-order valence-electron chi connectivity index (χ4n) is 4.39. The highest BCUT2D eigenvalue weighted by atomic mass is 16.5. The Morgan fingerprint density at radius 1 is 1.03 bits per heavy atom. The molecule has 1 fully saturated rings. The Morgan fingerprint density at radius 3 is 2.39 bits per heavy atom. The van der Waals surface area contributed by atoms with Crippen LogP contribution >= 0.6 is 0 Å².